The Morgan fingerprint density at radius 3 is 2.46 bits per heavy atom. The highest BCUT2D eigenvalue weighted by Crippen LogP contribution is 2.24. The minimum Gasteiger partial charge on any atom is -0.406 e. The Balaban J connectivity index is 1.49. The quantitative estimate of drug-likeness (QED) is 0.292. The molecule has 0 saturated heterocycles. The van der Waals surface area contributed by atoms with E-state index in [9.17, 15) is 22.8 Å². The third kappa shape index (κ3) is 8.14. The van der Waals surface area contributed by atoms with Crippen LogP contribution in [-0.2, 0) is 16.0 Å². The van der Waals surface area contributed by atoms with E-state index in [0.29, 0.717) is 16.3 Å². The summed E-state index contributed by atoms with van der Waals surface area (Å²) in [6.07, 6.45) is -0.526. The molecule has 0 fully saturated rings. The van der Waals surface area contributed by atoms with Crippen molar-refractivity contribution < 1.29 is 27.5 Å². The standard InChI is InChI=1S/C26H20ClF3N6O3/c27-19-7-12-23(36-16-31-34-35-36)18(15-19)6-13-24(37)33-22(14-17-4-2-1-3-5-17)25(38)32-20-8-10-21(11-9-20)39-26(28,29)30/h1-13,15-16,22H,14H2,(H,32,38)(H,33,37)/b13-6+/t22-/m0/s1. The van der Waals surface area contributed by atoms with Crippen molar-refractivity contribution >= 4 is 35.2 Å². The minimum atomic E-state index is -4.83. The second kappa shape index (κ2) is 12.2. The fourth-order valence-corrected chi connectivity index (χ4v) is 3.73. The Bertz CT molecular complexity index is 1450. The molecule has 39 heavy (non-hydrogen) atoms. The van der Waals surface area contributed by atoms with Crippen LogP contribution in [0.25, 0.3) is 11.8 Å². The average molecular weight is 557 g/mol. The van der Waals surface area contributed by atoms with Crippen molar-refractivity contribution in [2.75, 3.05) is 5.32 Å². The normalized spacial score (nSPS) is 12.2. The van der Waals surface area contributed by atoms with E-state index in [1.54, 1.807) is 42.5 Å². The van der Waals surface area contributed by atoms with Gasteiger partial charge in [-0.05, 0) is 64.5 Å². The summed E-state index contributed by atoms with van der Waals surface area (Å²) in [4.78, 5) is 25.9. The van der Waals surface area contributed by atoms with Crippen molar-refractivity contribution in [2.24, 2.45) is 0 Å². The van der Waals surface area contributed by atoms with E-state index in [4.69, 9.17) is 11.6 Å². The number of ether oxygens (including phenoxy) is 1. The van der Waals surface area contributed by atoms with Crippen molar-refractivity contribution in [3.63, 3.8) is 0 Å². The van der Waals surface area contributed by atoms with Gasteiger partial charge in [0.2, 0.25) is 11.8 Å². The first-order chi connectivity index (χ1) is 18.7. The average Bonchev–Trinajstić information content (AvgIpc) is 3.43. The molecule has 1 atom stereocenters. The Kier molecular flexibility index (Phi) is 8.56. The number of hydrogen-bond donors (Lipinski definition) is 2. The minimum absolute atomic E-state index is 0.161. The summed E-state index contributed by atoms with van der Waals surface area (Å²) in [6, 6.07) is 17.6. The summed E-state index contributed by atoms with van der Waals surface area (Å²) >= 11 is 6.12. The van der Waals surface area contributed by atoms with E-state index < -0.39 is 30.0 Å². The number of nitrogens with one attached hydrogen (secondary N) is 2. The van der Waals surface area contributed by atoms with Crippen molar-refractivity contribution in [1.29, 1.82) is 0 Å². The fourth-order valence-electron chi connectivity index (χ4n) is 3.55. The number of amides is 2. The van der Waals surface area contributed by atoms with Crippen LogP contribution in [-0.4, -0.2) is 44.4 Å². The zero-order chi connectivity index (χ0) is 27.8. The van der Waals surface area contributed by atoms with Gasteiger partial charge in [0.1, 0.15) is 18.1 Å². The number of rotatable bonds is 9. The van der Waals surface area contributed by atoms with Gasteiger partial charge >= 0.3 is 6.36 Å². The topological polar surface area (TPSA) is 111 Å². The first-order valence-corrected chi connectivity index (χ1v) is 11.8. The number of carbonyl (C=O) groups is 2. The van der Waals surface area contributed by atoms with Crippen LogP contribution in [0.5, 0.6) is 5.75 Å². The lowest BCUT2D eigenvalue weighted by atomic mass is 10.0. The number of halogens is 4. The molecular weight excluding hydrogens is 537 g/mol. The molecule has 200 valence electrons. The van der Waals surface area contributed by atoms with Crippen molar-refractivity contribution in [2.45, 2.75) is 18.8 Å². The van der Waals surface area contributed by atoms with E-state index in [2.05, 4.69) is 30.9 Å². The molecule has 0 bridgehead atoms. The number of aromatic nitrogens is 4. The van der Waals surface area contributed by atoms with Gasteiger partial charge in [-0.1, -0.05) is 41.9 Å². The fraction of sp³-hybridized carbons (Fsp3) is 0.115. The first kappa shape index (κ1) is 27.3. The third-order valence-electron chi connectivity index (χ3n) is 5.27. The maximum absolute atomic E-state index is 13.1. The molecule has 0 spiro atoms. The Morgan fingerprint density at radius 1 is 1.05 bits per heavy atom. The second-order valence-electron chi connectivity index (χ2n) is 8.10. The highest BCUT2D eigenvalue weighted by molar-refractivity contribution is 6.30. The third-order valence-corrected chi connectivity index (χ3v) is 5.51. The lowest BCUT2D eigenvalue weighted by Gasteiger charge is -2.18. The molecule has 4 rings (SSSR count). The van der Waals surface area contributed by atoms with Crippen molar-refractivity contribution in [1.82, 2.24) is 25.5 Å². The summed E-state index contributed by atoms with van der Waals surface area (Å²) in [5, 5.41) is 16.8. The monoisotopic (exact) mass is 556 g/mol. The van der Waals surface area contributed by atoms with Crippen LogP contribution in [0.1, 0.15) is 11.1 Å². The zero-order valence-electron chi connectivity index (χ0n) is 20.0. The lowest BCUT2D eigenvalue weighted by molar-refractivity contribution is -0.274. The Hall–Kier alpha value is -4.71. The number of carbonyl (C=O) groups excluding carboxylic acids is 2. The maximum atomic E-state index is 13.1. The van der Waals surface area contributed by atoms with Gasteiger partial charge in [-0.25, -0.2) is 0 Å². The maximum Gasteiger partial charge on any atom is 0.573 e. The van der Waals surface area contributed by atoms with Crippen LogP contribution in [0.15, 0.2) is 85.2 Å². The van der Waals surface area contributed by atoms with Gasteiger partial charge in [-0.15, -0.1) is 18.3 Å². The largest absolute Gasteiger partial charge is 0.573 e. The zero-order valence-corrected chi connectivity index (χ0v) is 20.7. The van der Waals surface area contributed by atoms with Crippen LogP contribution < -0.4 is 15.4 Å². The highest BCUT2D eigenvalue weighted by Gasteiger charge is 2.31. The number of alkyl halides is 3. The van der Waals surface area contributed by atoms with Gasteiger partial charge in [0.25, 0.3) is 0 Å². The van der Waals surface area contributed by atoms with Crippen LogP contribution in [0, 0.1) is 0 Å². The summed E-state index contributed by atoms with van der Waals surface area (Å²) < 4.78 is 42.5. The molecule has 4 aromatic rings. The molecule has 0 aliphatic carbocycles. The van der Waals surface area contributed by atoms with Crippen LogP contribution in [0.3, 0.4) is 0 Å². The molecule has 1 heterocycles. The number of tetrazole rings is 1. The molecule has 0 aliphatic rings. The summed E-state index contributed by atoms with van der Waals surface area (Å²) in [5.41, 5.74) is 2.13. The van der Waals surface area contributed by atoms with E-state index in [-0.39, 0.29) is 12.1 Å². The van der Waals surface area contributed by atoms with Gasteiger partial charge in [0.15, 0.2) is 0 Å². The summed E-state index contributed by atoms with van der Waals surface area (Å²) in [6.45, 7) is 0. The van der Waals surface area contributed by atoms with E-state index in [1.165, 1.54) is 35.3 Å². The van der Waals surface area contributed by atoms with Gasteiger partial charge in [-0.3, -0.25) is 9.59 Å². The molecule has 2 amide bonds. The molecule has 0 radical (unpaired) electrons. The highest BCUT2D eigenvalue weighted by atomic mass is 35.5. The predicted molar refractivity (Wildman–Crippen MR) is 137 cm³/mol. The molecule has 9 nitrogen and oxygen atoms in total. The Labute approximate surface area is 225 Å². The van der Waals surface area contributed by atoms with Gasteiger partial charge < -0.3 is 15.4 Å². The van der Waals surface area contributed by atoms with Gasteiger partial charge in [0.05, 0.1) is 5.69 Å². The van der Waals surface area contributed by atoms with Gasteiger partial charge in [-0.2, -0.15) is 4.68 Å². The molecule has 0 unspecified atom stereocenters. The van der Waals surface area contributed by atoms with E-state index >= 15 is 0 Å². The smallest absolute Gasteiger partial charge is 0.406 e. The Morgan fingerprint density at radius 2 is 1.79 bits per heavy atom. The number of anilines is 1. The molecule has 1 aromatic heterocycles. The second-order valence-corrected chi connectivity index (χ2v) is 8.54. The predicted octanol–water partition coefficient (Wildman–Crippen LogP) is 4.59. The van der Waals surface area contributed by atoms with Crippen LogP contribution >= 0.6 is 11.6 Å². The van der Waals surface area contributed by atoms with Crippen molar-refractivity contribution in [3.05, 3.63) is 101 Å². The molecule has 2 N–H and O–H groups in total. The lowest BCUT2D eigenvalue weighted by Crippen LogP contribution is -2.44. The summed E-state index contributed by atoms with van der Waals surface area (Å²) in [5.74, 6) is -1.56. The number of nitrogens with zero attached hydrogens (tertiary/aromatic N) is 4. The molecule has 13 heteroatoms. The van der Waals surface area contributed by atoms with E-state index in [0.717, 1.165) is 17.7 Å². The first-order valence-electron chi connectivity index (χ1n) is 11.4. The number of benzene rings is 3. The molecule has 0 saturated carbocycles. The van der Waals surface area contributed by atoms with E-state index in [1.807, 2.05) is 6.07 Å². The number of hydrogen-bond acceptors (Lipinski definition) is 6. The van der Waals surface area contributed by atoms with Gasteiger partial charge in [0, 0.05) is 28.8 Å². The molecule has 3 aromatic carbocycles. The molecule has 0 aliphatic heterocycles. The molecular formula is C26H20ClF3N6O3. The summed E-state index contributed by atoms with van der Waals surface area (Å²) in [7, 11) is 0. The van der Waals surface area contributed by atoms with Crippen molar-refractivity contribution in [3.8, 4) is 11.4 Å². The van der Waals surface area contributed by atoms with Crippen LogP contribution in [0.4, 0.5) is 18.9 Å². The SMILES string of the molecule is O=C(/C=C/c1cc(Cl)ccc1-n1cnnn1)N[C@@H](Cc1ccccc1)C(=O)Nc1ccc(OC(F)(F)F)cc1. The van der Waals surface area contributed by atoms with Crippen LogP contribution in [0.2, 0.25) is 5.02 Å².